The lowest BCUT2D eigenvalue weighted by Gasteiger charge is -2.04. The first kappa shape index (κ1) is 19.1. The molecule has 1 aliphatic heterocycles. The number of carbonyl (C=O) groups excluding carboxylic acids is 1. The molecule has 0 atom stereocenters. The molecule has 0 unspecified atom stereocenters. The van der Waals surface area contributed by atoms with Crippen molar-refractivity contribution in [2.24, 2.45) is 5.10 Å². The maximum Gasteiger partial charge on any atom is 0.271 e. The predicted octanol–water partition coefficient (Wildman–Crippen LogP) is 4.61. The third-order valence-electron chi connectivity index (χ3n) is 4.37. The number of nitrogens with zero attached hydrogens (tertiary/aromatic N) is 1. The number of nitrogens with one attached hydrogen (secondary N) is 1. The highest BCUT2D eigenvalue weighted by molar-refractivity contribution is 7.97. The molecule has 1 amide bonds. The van der Waals surface area contributed by atoms with E-state index in [9.17, 15) is 4.79 Å². The fourth-order valence-corrected chi connectivity index (χ4v) is 3.80. The molecule has 3 aromatic carbocycles. The highest BCUT2D eigenvalue weighted by Gasteiger charge is 2.12. The van der Waals surface area contributed by atoms with E-state index in [2.05, 4.69) is 34.8 Å². The molecule has 1 N–H and O–H groups in total. The Hall–Kier alpha value is -3.25. The number of fused-ring (bicyclic) bond motifs is 1. The van der Waals surface area contributed by atoms with Gasteiger partial charge >= 0.3 is 0 Å². The van der Waals surface area contributed by atoms with Crippen molar-refractivity contribution in [1.82, 2.24) is 5.43 Å². The van der Waals surface area contributed by atoms with Crippen LogP contribution in [-0.2, 0) is 11.5 Å². The van der Waals surface area contributed by atoms with Crippen LogP contribution in [0.25, 0.3) is 0 Å². The van der Waals surface area contributed by atoms with Gasteiger partial charge in [0.15, 0.2) is 11.5 Å². The second kappa shape index (κ2) is 9.30. The van der Waals surface area contributed by atoms with E-state index < -0.39 is 0 Å². The molecule has 146 valence electrons. The molecule has 0 aromatic heterocycles. The number of benzene rings is 3. The summed E-state index contributed by atoms with van der Waals surface area (Å²) in [7, 11) is 0. The van der Waals surface area contributed by atoms with E-state index in [4.69, 9.17) is 9.47 Å². The smallest absolute Gasteiger partial charge is 0.271 e. The molecule has 0 bridgehead atoms. The summed E-state index contributed by atoms with van der Waals surface area (Å²) in [5, 5.41) is 4.02. The molecule has 6 heteroatoms. The average Bonchev–Trinajstić information content (AvgIpc) is 3.23. The van der Waals surface area contributed by atoms with E-state index in [0.717, 1.165) is 17.1 Å². The van der Waals surface area contributed by atoms with Gasteiger partial charge in [-0.25, -0.2) is 5.43 Å². The van der Waals surface area contributed by atoms with E-state index in [-0.39, 0.29) is 12.7 Å². The molecule has 0 saturated heterocycles. The second-order valence-corrected chi connectivity index (χ2v) is 7.47. The number of ether oxygens (including phenoxy) is 2. The largest absolute Gasteiger partial charge is 0.454 e. The molecule has 29 heavy (non-hydrogen) atoms. The Labute approximate surface area is 173 Å². The van der Waals surface area contributed by atoms with Crippen LogP contribution >= 0.6 is 11.8 Å². The van der Waals surface area contributed by atoms with Crippen molar-refractivity contribution < 1.29 is 14.3 Å². The Morgan fingerprint density at radius 1 is 0.931 bits per heavy atom. The van der Waals surface area contributed by atoms with Gasteiger partial charge in [0.05, 0.1) is 6.21 Å². The summed E-state index contributed by atoms with van der Waals surface area (Å²) in [6, 6.07) is 23.5. The Bertz CT molecular complexity index is 1000. The first-order chi connectivity index (χ1) is 14.3. The van der Waals surface area contributed by atoms with Gasteiger partial charge in [-0.15, -0.1) is 0 Å². The van der Waals surface area contributed by atoms with Crippen LogP contribution in [0.1, 0.15) is 27.0 Å². The molecule has 3 aromatic rings. The fourth-order valence-electron chi connectivity index (χ4n) is 2.84. The van der Waals surface area contributed by atoms with Gasteiger partial charge in [0.25, 0.3) is 5.91 Å². The SMILES string of the molecule is O=C(N/N=C/c1ccc2c(c1)OCO2)c1ccc(CSCc2ccccc2)cc1. The molecule has 0 fully saturated rings. The van der Waals surface area contributed by atoms with Gasteiger partial charge in [-0.1, -0.05) is 42.5 Å². The van der Waals surface area contributed by atoms with E-state index in [0.29, 0.717) is 17.1 Å². The second-order valence-electron chi connectivity index (χ2n) is 6.49. The molecule has 0 aliphatic carbocycles. The van der Waals surface area contributed by atoms with Gasteiger partial charge < -0.3 is 9.47 Å². The number of hydrogen-bond donors (Lipinski definition) is 1. The van der Waals surface area contributed by atoms with E-state index >= 15 is 0 Å². The van der Waals surface area contributed by atoms with Crippen LogP contribution in [0.15, 0.2) is 77.9 Å². The number of hydrazone groups is 1. The predicted molar refractivity (Wildman–Crippen MR) is 116 cm³/mol. The van der Waals surface area contributed by atoms with E-state index in [1.807, 2.05) is 60.3 Å². The van der Waals surface area contributed by atoms with Crippen LogP contribution in [-0.4, -0.2) is 18.9 Å². The van der Waals surface area contributed by atoms with Crippen molar-refractivity contribution in [2.75, 3.05) is 6.79 Å². The summed E-state index contributed by atoms with van der Waals surface area (Å²) < 4.78 is 10.6. The third kappa shape index (κ3) is 5.18. The zero-order chi connectivity index (χ0) is 19.9. The third-order valence-corrected chi connectivity index (χ3v) is 5.45. The highest BCUT2D eigenvalue weighted by atomic mass is 32.2. The molecular weight excluding hydrogens is 384 g/mol. The first-order valence-electron chi connectivity index (χ1n) is 9.21. The van der Waals surface area contributed by atoms with Crippen molar-refractivity contribution in [3.05, 3.63) is 95.1 Å². The standard InChI is InChI=1S/C23H20N2O3S/c26-23(25-24-13-19-8-11-21-22(12-19)28-16-27-21)20-9-6-18(7-10-20)15-29-14-17-4-2-1-3-5-17/h1-13H,14-16H2,(H,25,26)/b24-13+. The van der Waals surface area contributed by atoms with Crippen LogP contribution < -0.4 is 14.9 Å². The van der Waals surface area contributed by atoms with Gasteiger partial charge in [-0.05, 0) is 47.0 Å². The molecular formula is C23H20N2O3S. The lowest BCUT2D eigenvalue weighted by Crippen LogP contribution is -2.17. The number of hydrogen-bond acceptors (Lipinski definition) is 5. The Balaban J connectivity index is 1.26. The number of thioether (sulfide) groups is 1. The molecule has 4 rings (SSSR count). The Morgan fingerprint density at radius 2 is 1.66 bits per heavy atom. The van der Waals surface area contributed by atoms with Gasteiger partial charge in [0.2, 0.25) is 6.79 Å². The summed E-state index contributed by atoms with van der Waals surface area (Å²) >= 11 is 1.85. The van der Waals surface area contributed by atoms with Crippen LogP contribution in [0, 0.1) is 0 Å². The van der Waals surface area contributed by atoms with Crippen molar-refractivity contribution >= 4 is 23.9 Å². The van der Waals surface area contributed by atoms with Gasteiger partial charge in [-0.2, -0.15) is 16.9 Å². The van der Waals surface area contributed by atoms with E-state index in [1.54, 1.807) is 6.21 Å². The van der Waals surface area contributed by atoms with Crippen molar-refractivity contribution in [3.8, 4) is 11.5 Å². The number of amides is 1. The summed E-state index contributed by atoms with van der Waals surface area (Å²) in [5.41, 5.74) is 6.45. The zero-order valence-electron chi connectivity index (χ0n) is 15.7. The summed E-state index contributed by atoms with van der Waals surface area (Å²) in [5.74, 6) is 3.02. The summed E-state index contributed by atoms with van der Waals surface area (Å²) in [6.45, 7) is 0.230. The minimum absolute atomic E-state index is 0.230. The maximum absolute atomic E-state index is 12.3. The van der Waals surface area contributed by atoms with Crippen LogP contribution in [0.2, 0.25) is 0 Å². The topological polar surface area (TPSA) is 59.9 Å². The fraction of sp³-hybridized carbons (Fsp3) is 0.130. The molecule has 1 heterocycles. The normalized spacial score (nSPS) is 12.3. The highest BCUT2D eigenvalue weighted by Crippen LogP contribution is 2.31. The molecule has 0 saturated carbocycles. The monoisotopic (exact) mass is 404 g/mol. The van der Waals surface area contributed by atoms with E-state index in [1.165, 1.54) is 11.1 Å². The van der Waals surface area contributed by atoms with Gasteiger partial charge in [-0.3, -0.25) is 4.79 Å². The minimum Gasteiger partial charge on any atom is -0.454 e. The molecule has 1 aliphatic rings. The zero-order valence-corrected chi connectivity index (χ0v) is 16.5. The van der Waals surface area contributed by atoms with Crippen molar-refractivity contribution in [2.45, 2.75) is 11.5 Å². The maximum atomic E-state index is 12.3. The van der Waals surface area contributed by atoms with Crippen LogP contribution in [0.3, 0.4) is 0 Å². The lowest BCUT2D eigenvalue weighted by atomic mass is 10.1. The Kier molecular flexibility index (Phi) is 6.12. The first-order valence-corrected chi connectivity index (χ1v) is 10.4. The number of carbonyl (C=O) groups is 1. The Morgan fingerprint density at radius 3 is 2.45 bits per heavy atom. The number of rotatable bonds is 7. The molecule has 0 radical (unpaired) electrons. The van der Waals surface area contributed by atoms with Crippen molar-refractivity contribution in [1.29, 1.82) is 0 Å². The molecule has 0 spiro atoms. The summed E-state index contributed by atoms with van der Waals surface area (Å²) in [6.07, 6.45) is 1.58. The minimum atomic E-state index is -0.245. The quantitative estimate of drug-likeness (QED) is 0.461. The average molecular weight is 404 g/mol. The van der Waals surface area contributed by atoms with Gasteiger partial charge in [0, 0.05) is 17.1 Å². The molecule has 5 nitrogen and oxygen atoms in total. The van der Waals surface area contributed by atoms with Crippen molar-refractivity contribution in [3.63, 3.8) is 0 Å². The van der Waals surface area contributed by atoms with Crippen LogP contribution in [0.4, 0.5) is 0 Å². The lowest BCUT2D eigenvalue weighted by molar-refractivity contribution is 0.0955. The van der Waals surface area contributed by atoms with Crippen LogP contribution in [0.5, 0.6) is 11.5 Å². The summed E-state index contributed by atoms with van der Waals surface area (Å²) in [4.78, 5) is 12.3. The van der Waals surface area contributed by atoms with Gasteiger partial charge in [0.1, 0.15) is 0 Å².